The zero-order chi connectivity index (χ0) is 25.7. The van der Waals surface area contributed by atoms with Crippen molar-refractivity contribution in [1.82, 2.24) is 20.2 Å². The number of amides is 1. The molecule has 0 spiro atoms. The Bertz CT molecular complexity index is 1040. The largest absolute Gasteiger partial charge is 0.491 e. The van der Waals surface area contributed by atoms with Crippen LogP contribution >= 0.6 is 0 Å². The number of carbonyl (C=O) groups excluding carboxylic acids is 1. The molecule has 2 fully saturated rings. The zero-order valence-corrected chi connectivity index (χ0v) is 21.9. The highest BCUT2D eigenvalue weighted by molar-refractivity contribution is 5.73. The summed E-state index contributed by atoms with van der Waals surface area (Å²) in [5, 5.41) is 13.0. The third-order valence-corrected chi connectivity index (χ3v) is 7.05. The molecule has 9 nitrogen and oxygen atoms in total. The predicted octanol–water partition coefficient (Wildman–Crippen LogP) is 2.05. The first-order valence-electron chi connectivity index (χ1n) is 12.9. The average Bonchev–Trinajstić information content (AvgIpc) is 3.38. The summed E-state index contributed by atoms with van der Waals surface area (Å²) in [6, 6.07) is 7.88. The molecule has 2 aliphatic rings. The van der Waals surface area contributed by atoms with E-state index in [1.807, 2.05) is 29.2 Å². The van der Waals surface area contributed by atoms with Crippen LogP contribution < -0.4 is 15.0 Å². The fourth-order valence-corrected chi connectivity index (χ4v) is 4.95. The second kappa shape index (κ2) is 12.0. The summed E-state index contributed by atoms with van der Waals surface area (Å²) in [7, 11) is 1.80. The van der Waals surface area contributed by atoms with Crippen molar-refractivity contribution in [3.8, 4) is 17.1 Å². The number of aliphatic hydroxyl groups excluding tert-OH is 1. The van der Waals surface area contributed by atoms with Gasteiger partial charge in [-0.3, -0.25) is 4.79 Å². The Kier molecular flexibility index (Phi) is 8.77. The maximum Gasteiger partial charge on any atom is 0.219 e. The summed E-state index contributed by atoms with van der Waals surface area (Å²) in [5.41, 5.74) is 3.01. The predicted molar refractivity (Wildman–Crippen MR) is 139 cm³/mol. The van der Waals surface area contributed by atoms with Gasteiger partial charge in [-0.15, -0.1) is 0 Å². The first-order valence-corrected chi connectivity index (χ1v) is 12.9. The summed E-state index contributed by atoms with van der Waals surface area (Å²) >= 11 is 0. The molecule has 0 aliphatic carbocycles. The molecule has 2 N–H and O–H groups in total. The molecule has 1 unspecified atom stereocenters. The van der Waals surface area contributed by atoms with E-state index in [0.717, 1.165) is 55.2 Å². The molecule has 2 saturated heterocycles. The molecule has 2 aliphatic heterocycles. The van der Waals surface area contributed by atoms with Crippen LogP contribution in [0.5, 0.6) is 5.75 Å². The highest BCUT2D eigenvalue weighted by Crippen LogP contribution is 2.31. The highest BCUT2D eigenvalue weighted by Gasteiger charge is 2.29. The number of nitrogens with zero attached hydrogens (tertiary/aromatic N) is 4. The molecular formula is C27H39N5O4. The zero-order valence-electron chi connectivity index (χ0n) is 21.9. The summed E-state index contributed by atoms with van der Waals surface area (Å²) in [6.45, 7) is 10.2. The monoisotopic (exact) mass is 497 g/mol. The van der Waals surface area contributed by atoms with Crippen LogP contribution in [0.25, 0.3) is 11.4 Å². The second-order valence-corrected chi connectivity index (χ2v) is 9.93. The number of hydrogen-bond donors (Lipinski definition) is 2. The number of likely N-dealkylation sites (N-methyl/N-ethyl adjacent to an activating group) is 1. The van der Waals surface area contributed by atoms with Gasteiger partial charge in [-0.25, -0.2) is 9.97 Å². The Labute approximate surface area is 213 Å². The number of nitrogens with one attached hydrogen (secondary N) is 1. The molecular weight excluding hydrogens is 458 g/mol. The van der Waals surface area contributed by atoms with E-state index in [2.05, 4.69) is 24.1 Å². The van der Waals surface area contributed by atoms with Gasteiger partial charge in [0, 0.05) is 69.2 Å². The Hall–Kier alpha value is -2.75. The van der Waals surface area contributed by atoms with Gasteiger partial charge in [-0.1, -0.05) is 12.1 Å². The lowest BCUT2D eigenvalue weighted by Gasteiger charge is -2.41. The van der Waals surface area contributed by atoms with Crippen LogP contribution in [0.15, 0.2) is 24.3 Å². The Balaban J connectivity index is 1.65. The Morgan fingerprint density at radius 2 is 2.17 bits per heavy atom. The van der Waals surface area contributed by atoms with Crippen LogP contribution in [0.2, 0.25) is 0 Å². The maximum absolute atomic E-state index is 11.9. The third-order valence-electron chi connectivity index (χ3n) is 7.05. The summed E-state index contributed by atoms with van der Waals surface area (Å²) < 4.78 is 11.5. The van der Waals surface area contributed by atoms with E-state index in [1.165, 1.54) is 0 Å². The molecule has 1 amide bonds. The molecule has 196 valence electrons. The van der Waals surface area contributed by atoms with Gasteiger partial charge in [0.15, 0.2) is 5.82 Å². The van der Waals surface area contributed by atoms with Crippen LogP contribution in [0, 0.1) is 12.8 Å². The molecule has 36 heavy (non-hydrogen) atoms. The lowest BCUT2D eigenvalue weighted by atomic mass is 9.99. The number of benzene rings is 1. The minimum atomic E-state index is -0.587. The number of piperazine rings is 1. The van der Waals surface area contributed by atoms with Crippen molar-refractivity contribution >= 4 is 11.7 Å². The fraction of sp³-hybridized carbons (Fsp3) is 0.593. The number of carbonyl (C=O) groups is 1. The molecule has 0 bridgehead atoms. The average molecular weight is 498 g/mol. The Morgan fingerprint density at radius 1 is 1.33 bits per heavy atom. The van der Waals surface area contributed by atoms with Gasteiger partial charge in [-0.05, 0) is 51.8 Å². The second-order valence-electron chi connectivity index (χ2n) is 9.93. The van der Waals surface area contributed by atoms with E-state index in [0.29, 0.717) is 37.1 Å². The minimum absolute atomic E-state index is 0.111. The maximum atomic E-state index is 11.9. The van der Waals surface area contributed by atoms with Gasteiger partial charge in [0.1, 0.15) is 24.3 Å². The molecule has 9 heteroatoms. The molecule has 3 atom stereocenters. The Morgan fingerprint density at radius 3 is 2.86 bits per heavy atom. The van der Waals surface area contributed by atoms with Crippen molar-refractivity contribution in [3.05, 3.63) is 35.5 Å². The van der Waals surface area contributed by atoms with E-state index in [-0.39, 0.29) is 18.6 Å². The van der Waals surface area contributed by atoms with Crippen LogP contribution in [0.4, 0.5) is 5.82 Å². The van der Waals surface area contributed by atoms with Gasteiger partial charge >= 0.3 is 0 Å². The summed E-state index contributed by atoms with van der Waals surface area (Å²) in [5.74, 6) is 2.82. The fourth-order valence-electron chi connectivity index (χ4n) is 4.95. The summed E-state index contributed by atoms with van der Waals surface area (Å²) in [4.78, 5) is 26.2. The third kappa shape index (κ3) is 6.32. The number of aliphatic hydroxyl groups is 1. The molecule has 3 heterocycles. The van der Waals surface area contributed by atoms with Crippen LogP contribution in [-0.4, -0.2) is 91.1 Å². The quantitative estimate of drug-likeness (QED) is 0.543. The molecule has 0 radical (unpaired) electrons. The van der Waals surface area contributed by atoms with Crippen molar-refractivity contribution in [3.63, 3.8) is 0 Å². The number of aromatic nitrogens is 2. The minimum Gasteiger partial charge on any atom is -0.491 e. The first kappa shape index (κ1) is 26.3. The van der Waals surface area contributed by atoms with E-state index < -0.39 is 6.10 Å². The molecule has 0 saturated carbocycles. The van der Waals surface area contributed by atoms with Crippen molar-refractivity contribution in [2.24, 2.45) is 5.92 Å². The van der Waals surface area contributed by atoms with E-state index in [9.17, 15) is 9.90 Å². The standard InChI is InChI=1S/C27H39N5O4/c1-18-15-31(20(3)33)9-10-32(18)27-19(2)25(12-21-8-11-35-16-21)29-26(30-27)22-6-5-7-24(13-22)36-17-23(34)14-28-4/h5-7,13,18,21,23,28,34H,8-12,14-17H2,1-4H3/t18-,21+,23?/m1/s1. The van der Waals surface area contributed by atoms with Crippen LogP contribution in [0.1, 0.15) is 31.5 Å². The smallest absolute Gasteiger partial charge is 0.219 e. The van der Waals surface area contributed by atoms with Gasteiger partial charge < -0.3 is 29.7 Å². The van der Waals surface area contributed by atoms with E-state index in [4.69, 9.17) is 19.4 Å². The summed E-state index contributed by atoms with van der Waals surface area (Å²) in [6.07, 6.45) is 1.30. The lowest BCUT2D eigenvalue weighted by Crippen LogP contribution is -2.53. The van der Waals surface area contributed by atoms with Gasteiger partial charge in [0.05, 0.1) is 0 Å². The van der Waals surface area contributed by atoms with Gasteiger partial charge in [0.25, 0.3) is 0 Å². The first-order chi connectivity index (χ1) is 17.4. The number of hydrogen-bond acceptors (Lipinski definition) is 8. The van der Waals surface area contributed by atoms with Gasteiger partial charge in [-0.2, -0.15) is 0 Å². The van der Waals surface area contributed by atoms with Crippen molar-refractivity contribution in [2.45, 2.75) is 45.8 Å². The van der Waals surface area contributed by atoms with E-state index >= 15 is 0 Å². The number of ether oxygens (including phenoxy) is 2. The van der Waals surface area contributed by atoms with Crippen LogP contribution in [-0.2, 0) is 16.0 Å². The van der Waals surface area contributed by atoms with Crippen molar-refractivity contribution in [1.29, 1.82) is 0 Å². The lowest BCUT2D eigenvalue weighted by molar-refractivity contribution is -0.129. The van der Waals surface area contributed by atoms with Crippen molar-refractivity contribution in [2.75, 3.05) is 57.9 Å². The molecule has 1 aromatic heterocycles. The normalized spacial score (nSPS) is 21.0. The SMILES string of the molecule is CNCC(O)COc1cccc(-c2nc(C[C@@H]3CCOC3)c(C)c(N3CCN(C(C)=O)C[C@H]3C)n2)c1. The van der Waals surface area contributed by atoms with E-state index in [1.54, 1.807) is 14.0 Å². The molecule has 4 rings (SSSR count). The molecule has 2 aromatic rings. The molecule has 1 aromatic carbocycles. The van der Waals surface area contributed by atoms with Crippen molar-refractivity contribution < 1.29 is 19.4 Å². The van der Waals surface area contributed by atoms with Crippen LogP contribution in [0.3, 0.4) is 0 Å². The highest BCUT2D eigenvalue weighted by atomic mass is 16.5. The number of rotatable bonds is 9. The number of anilines is 1. The topological polar surface area (TPSA) is 100 Å². The van der Waals surface area contributed by atoms with Gasteiger partial charge in [0.2, 0.25) is 5.91 Å².